The first kappa shape index (κ1) is 16.8. The third-order valence-corrected chi connectivity index (χ3v) is 4.60. The van der Waals surface area contributed by atoms with Gasteiger partial charge in [-0.25, -0.2) is 0 Å². The van der Waals surface area contributed by atoms with Gasteiger partial charge in [-0.05, 0) is 42.1 Å². The lowest BCUT2D eigenvalue weighted by Crippen LogP contribution is -2.37. The minimum Gasteiger partial charge on any atom is -0.383 e. The molecule has 1 unspecified atom stereocenters. The van der Waals surface area contributed by atoms with Crippen molar-refractivity contribution in [2.24, 2.45) is 5.41 Å². The number of hydrogen-bond acceptors (Lipinski definition) is 3. The summed E-state index contributed by atoms with van der Waals surface area (Å²) in [5.41, 5.74) is 3.03. The molecular formula is C17H27ClN2O. The van der Waals surface area contributed by atoms with Gasteiger partial charge in [0.2, 0.25) is 0 Å². The Morgan fingerprint density at radius 3 is 2.86 bits per heavy atom. The first-order valence-electron chi connectivity index (χ1n) is 7.63. The van der Waals surface area contributed by atoms with Crippen molar-refractivity contribution in [2.75, 3.05) is 40.4 Å². The van der Waals surface area contributed by atoms with Gasteiger partial charge in [0.15, 0.2) is 0 Å². The monoisotopic (exact) mass is 310 g/mol. The van der Waals surface area contributed by atoms with Gasteiger partial charge >= 0.3 is 0 Å². The summed E-state index contributed by atoms with van der Waals surface area (Å²) in [5.74, 6) is 0. The van der Waals surface area contributed by atoms with Crippen LogP contribution < -0.4 is 5.32 Å². The van der Waals surface area contributed by atoms with Crippen LogP contribution in [0.5, 0.6) is 0 Å². The molecule has 2 rings (SSSR count). The highest BCUT2D eigenvalue weighted by Gasteiger charge is 2.38. The molecule has 1 atom stereocenters. The van der Waals surface area contributed by atoms with Gasteiger partial charge in [-0.2, -0.15) is 0 Å². The Morgan fingerprint density at radius 2 is 2.14 bits per heavy atom. The van der Waals surface area contributed by atoms with Crippen LogP contribution in [0.15, 0.2) is 18.2 Å². The lowest BCUT2D eigenvalue weighted by atomic mass is 9.85. The Kier molecular flexibility index (Phi) is 5.67. The van der Waals surface area contributed by atoms with E-state index < -0.39 is 0 Å². The number of rotatable bonds is 7. The number of methoxy groups -OCH3 is 1. The molecule has 1 aliphatic rings. The normalized spacial score (nSPS) is 20.0. The van der Waals surface area contributed by atoms with Gasteiger partial charge in [-0.15, -0.1) is 0 Å². The number of ether oxygens (including phenoxy) is 1. The van der Waals surface area contributed by atoms with Crippen LogP contribution >= 0.6 is 11.6 Å². The van der Waals surface area contributed by atoms with E-state index in [4.69, 9.17) is 16.3 Å². The molecule has 1 aromatic carbocycles. The summed E-state index contributed by atoms with van der Waals surface area (Å²) in [7, 11) is 3.87. The molecule has 0 fully saturated rings. The number of nitrogens with zero attached hydrogens (tertiary/aromatic N) is 1. The maximum Gasteiger partial charge on any atom is 0.0589 e. The van der Waals surface area contributed by atoms with Gasteiger partial charge in [-0.1, -0.05) is 31.5 Å². The Morgan fingerprint density at radius 1 is 1.38 bits per heavy atom. The minimum absolute atomic E-state index is 0.234. The smallest absolute Gasteiger partial charge is 0.0589 e. The van der Waals surface area contributed by atoms with Crippen LogP contribution in [0.1, 0.15) is 31.0 Å². The van der Waals surface area contributed by atoms with Crippen molar-refractivity contribution >= 4 is 11.6 Å². The number of likely N-dealkylation sites (N-methyl/N-ethyl adjacent to an activating group) is 1. The molecule has 0 saturated carbocycles. The van der Waals surface area contributed by atoms with Crippen LogP contribution in [0.3, 0.4) is 0 Å². The molecule has 3 nitrogen and oxygen atoms in total. The quantitative estimate of drug-likeness (QED) is 0.837. The zero-order valence-corrected chi connectivity index (χ0v) is 14.3. The highest BCUT2D eigenvalue weighted by Crippen LogP contribution is 2.45. The summed E-state index contributed by atoms with van der Waals surface area (Å²) in [5, 5.41) is 4.55. The van der Waals surface area contributed by atoms with Crippen LogP contribution in [0.4, 0.5) is 0 Å². The molecule has 0 aromatic heterocycles. The lowest BCUT2D eigenvalue weighted by Gasteiger charge is -2.29. The zero-order valence-electron chi connectivity index (χ0n) is 13.6. The third kappa shape index (κ3) is 4.19. The Bertz CT molecular complexity index is 476. The average molecular weight is 311 g/mol. The SMILES string of the molecule is COCCN(C)CCNC1c2cc(Cl)ccc2CC1(C)C. The molecule has 0 spiro atoms. The van der Waals surface area contributed by atoms with E-state index in [-0.39, 0.29) is 5.41 Å². The van der Waals surface area contributed by atoms with Crippen LogP contribution in [-0.2, 0) is 11.2 Å². The van der Waals surface area contributed by atoms with Gasteiger partial charge < -0.3 is 15.0 Å². The summed E-state index contributed by atoms with van der Waals surface area (Å²) in [6.45, 7) is 8.39. The van der Waals surface area contributed by atoms with E-state index in [9.17, 15) is 0 Å². The number of hydrogen-bond donors (Lipinski definition) is 1. The van der Waals surface area contributed by atoms with Crippen molar-refractivity contribution in [1.29, 1.82) is 0 Å². The molecule has 0 heterocycles. The van der Waals surface area contributed by atoms with Gasteiger partial charge in [0.05, 0.1) is 6.61 Å². The fourth-order valence-corrected chi connectivity index (χ4v) is 3.33. The van der Waals surface area contributed by atoms with Crippen LogP contribution in [0.25, 0.3) is 0 Å². The predicted octanol–water partition coefficient (Wildman–Crippen LogP) is 3.13. The highest BCUT2D eigenvalue weighted by atomic mass is 35.5. The van der Waals surface area contributed by atoms with Crippen LogP contribution in [0, 0.1) is 5.41 Å². The number of halogens is 1. The Labute approximate surface area is 133 Å². The maximum absolute atomic E-state index is 6.17. The number of benzene rings is 1. The molecular weight excluding hydrogens is 284 g/mol. The van der Waals surface area contributed by atoms with E-state index in [1.807, 2.05) is 6.07 Å². The van der Waals surface area contributed by atoms with Crippen molar-refractivity contribution < 1.29 is 4.74 Å². The summed E-state index contributed by atoms with van der Waals surface area (Å²) in [6, 6.07) is 6.67. The van der Waals surface area contributed by atoms with Crippen LogP contribution in [-0.4, -0.2) is 45.3 Å². The van der Waals surface area contributed by atoms with E-state index in [2.05, 4.69) is 43.2 Å². The number of fused-ring (bicyclic) bond motifs is 1. The van der Waals surface area contributed by atoms with Crippen LogP contribution in [0.2, 0.25) is 5.02 Å². The second-order valence-corrected chi connectivity index (χ2v) is 7.13. The molecule has 21 heavy (non-hydrogen) atoms. The summed E-state index contributed by atoms with van der Waals surface area (Å²) in [6.07, 6.45) is 1.11. The van der Waals surface area contributed by atoms with Crippen molar-refractivity contribution in [3.8, 4) is 0 Å². The molecule has 0 aliphatic heterocycles. The molecule has 118 valence electrons. The first-order valence-corrected chi connectivity index (χ1v) is 8.01. The van der Waals surface area contributed by atoms with Gasteiger partial charge in [0.25, 0.3) is 0 Å². The summed E-state index contributed by atoms with van der Waals surface area (Å²) in [4.78, 5) is 2.29. The topological polar surface area (TPSA) is 24.5 Å². The average Bonchev–Trinajstić information content (AvgIpc) is 2.67. The second-order valence-electron chi connectivity index (χ2n) is 6.69. The predicted molar refractivity (Wildman–Crippen MR) is 89.1 cm³/mol. The lowest BCUT2D eigenvalue weighted by molar-refractivity contribution is 0.159. The fraction of sp³-hybridized carbons (Fsp3) is 0.647. The van der Waals surface area contributed by atoms with E-state index >= 15 is 0 Å². The van der Waals surface area contributed by atoms with E-state index in [1.165, 1.54) is 11.1 Å². The van der Waals surface area contributed by atoms with Gasteiger partial charge in [0.1, 0.15) is 0 Å². The highest BCUT2D eigenvalue weighted by molar-refractivity contribution is 6.30. The van der Waals surface area contributed by atoms with E-state index in [0.717, 1.165) is 37.7 Å². The molecule has 4 heteroatoms. The molecule has 0 radical (unpaired) electrons. The van der Waals surface area contributed by atoms with Crippen molar-refractivity contribution in [2.45, 2.75) is 26.3 Å². The first-order chi connectivity index (χ1) is 9.94. The van der Waals surface area contributed by atoms with Gasteiger partial charge in [0, 0.05) is 37.8 Å². The number of nitrogens with one attached hydrogen (secondary N) is 1. The molecule has 1 N–H and O–H groups in total. The summed E-state index contributed by atoms with van der Waals surface area (Å²) >= 11 is 6.17. The van der Waals surface area contributed by atoms with Crippen molar-refractivity contribution in [3.63, 3.8) is 0 Å². The maximum atomic E-state index is 6.17. The van der Waals surface area contributed by atoms with Crippen molar-refractivity contribution in [1.82, 2.24) is 10.2 Å². The fourth-order valence-electron chi connectivity index (χ4n) is 3.15. The molecule has 0 amide bonds. The molecule has 1 aromatic rings. The van der Waals surface area contributed by atoms with Gasteiger partial charge in [-0.3, -0.25) is 0 Å². The molecule has 1 aliphatic carbocycles. The Hall–Kier alpha value is -0.610. The van der Waals surface area contributed by atoms with E-state index in [0.29, 0.717) is 6.04 Å². The summed E-state index contributed by atoms with van der Waals surface area (Å²) < 4.78 is 5.11. The molecule has 0 bridgehead atoms. The van der Waals surface area contributed by atoms with Crippen molar-refractivity contribution in [3.05, 3.63) is 34.3 Å². The second kappa shape index (κ2) is 7.10. The Balaban J connectivity index is 1.95. The largest absolute Gasteiger partial charge is 0.383 e. The minimum atomic E-state index is 0.234. The van der Waals surface area contributed by atoms with E-state index in [1.54, 1.807) is 7.11 Å². The molecule has 0 saturated heterocycles. The zero-order chi connectivity index (χ0) is 15.5. The third-order valence-electron chi connectivity index (χ3n) is 4.37. The standard InChI is InChI=1S/C17H27ClN2O/c1-17(2)12-13-5-6-14(18)11-15(13)16(17)19-7-8-20(3)9-10-21-4/h5-6,11,16,19H,7-10,12H2,1-4H3.